The average Bonchev–Trinajstić information content (AvgIpc) is 2.71. The van der Waals surface area contributed by atoms with Crippen LogP contribution in [0.1, 0.15) is 25.6 Å². The van der Waals surface area contributed by atoms with Gasteiger partial charge in [0.1, 0.15) is 11.7 Å². The van der Waals surface area contributed by atoms with Crippen molar-refractivity contribution in [2.45, 2.75) is 32.4 Å². The molecule has 1 aromatic rings. The molecular weight excluding hydrogens is 218 g/mol. The predicted octanol–water partition coefficient (Wildman–Crippen LogP) is 0.767. The van der Waals surface area contributed by atoms with Gasteiger partial charge in [0.05, 0.1) is 6.54 Å². The molecule has 0 aromatic carbocycles. The number of nitrogens with zero attached hydrogens (tertiary/aromatic N) is 4. The number of hydrogen-bond acceptors (Lipinski definition) is 4. The van der Waals surface area contributed by atoms with Crippen LogP contribution in [0.2, 0.25) is 0 Å². The number of rotatable bonds is 6. The minimum Gasteiger partial charge on any atom is -0.409 e. The molecule has 1 rings (SSSR count). The van der Waals surface area contributed by atoms with Crippen molar-refractivity contribution in [3.05, 3.63) is 18.2 Å². The van der Waals surface area contributed by atoms with Crippen LogP contribution in [0.3, 0.4) is 0 Å². The Labute approximate surface area is 102 Å². The van der Waals surface area contributed by atoms with E-state index in [1.807, 2.05) is 24.9 Å². The topological polar surface area (TPSA) is 79.7 Å². The van der Waals surface area contributed by atoms with Crippen molar-refractivity contribution >= 4 is 5.84 Å². The van der Waals surface area contributed by atoms with E-state index >= 15 is 0 Å². The highest BCUT2D eigenvalue weighted by molar-refractivity contribution is 5.80. The van der Waals surface area contributed by atoms with Gasteiger partial charge >= 0.3 is 0 Å². The lowest BCUT2D eigenvalue weighted by Gasteiger charge is -2.26. The summed E-state index contributed by atoms with van der Waals surface area (Å²) in [5, 5.41) is 11.6. The van der Waals surface area contributed by atoms with Crippen molar-refractivity contribution in [1.29, 1.82) is 0 Å². The second-order valence-corrected chi connectivity index (χ2v) is 4.23. The van der Waals surface area contributed by atoms with Gasteiger partial charge in [0, 0.05) is 31.9 Å². The number of aryl methyl sites for hydroxylation is 1. The van der Waals surface area contributed by atoms with Crippen molar-refractivity contribution in [3.8, 4) is 0 Å². The summed E-state index contributed by atoms with van der Waals surface area (Å²) in [5.41, 5.74) is 5.54. The van der Waals surface area contributed by atoms with E-state index in [1.165, 1.54) is 0 Å². The van der Waals surface area contributed by atoms with E-state index in [9.17, 15) is 0 Å². The first-order chi connectivity index (χ1) is 8.08. The van der Waals surface area contributed by atoms with Crippen LogP contribution in [0.25, 0.3) is 0 Å². The summed E-state index contributed by atoms with van der Waals surface area (Å²) >= 11 is 0. The third kappa shape index (κ3) is 3.74. The van der Waals surface area contributed by atoms with Crippen LogP contribution in [-0.2, 0) is 13.6 Å². The number of imidazole rings is 1. The summed E-state index contributed by atoms with van der Waals surface area (Å²) in [6.07, 6.45) is 5.21. The Kier molecular flexibility index (Phi) is 4.96. The van der Waals surface area contributed by atoms with Gasteiger partial charge in [-0.1, -0.05) is 12.1 Å². The quantitative estimate of drug-likeness (QED) is 0.332. The summed E-state index contributed by atoms with van der Waals surface area (Å²) in [5.74, 6) is 1.27. The zero-order chi connectivity index (χ0) is 12.8. The first-order valence-corrected chi connectivity index (χ1v) is 5.71. The molecule has 0 spiro atoms. The standard InChI is InChI=1S/C11H21N5O/c1-4-9(7-10(12)14-17)16(3)8-11-13-5-6-15(11)2/h5-6,9,17H,4,7-8H2,1-3H3,(H2,12,14). The van der Waals surface area contributed by atoms with Crippen molar-refractivity contribution in [3.63, 3.8) is 0 Å². The molecule has 1 heterocycles. The van der Waals surface area contributed by atoms with E-state index in [-0.39, 0.29) is 11.9 Å². The number of nitrogens with two attached hydrogens (primary N) is 1. The molecule has 0 bridgehead atoms. The molecule has 0 aliphatic rings. The fourth-order valence-electron chi connectivity index (χ4n) is 1.80. The first-order valence-electron chi connectivity index (χ1n) is 5.71. The SMILES string of the molecule is CCC(CC(N)=NO)N(C)Cc1nccn1C. The number of amidine groups is 1. The molecule has 96 valence electrons. The molecule has 0 aliphatic heterocycles. The Morgan fingerprint density at radius 1 is 1.71 bits per heavy atom. The van der Waals surface area contributed by atoms with E-state index < -0.39 is 0 Å². The van der Waals surface area contributed by atoms with Crippen LogP contribution >= 0.6 is 0 Å². The highest BCUT2D eigenvalue weighted by Gasteiger charge is 2.16. The molecule has 0 fully saturated rings. The molecule has 0 aliphatic carbocycles. The van der Waals surface area contributed by atoms with Crippen LogP contribution in [0, 0.1) is 0 Å². The number of hydrogen-bond donors (Lipinski definition) is 2. The van der Waals surface area contributed by atoms with E-state index in [1.54, 1.807) is 6.20 Å². The van der Waals surface area contributed by atoms with Crippen LogP contribution in [0.4, 0.5) is 0 Å². The highest BCUT2D eigenvalue weighted by Crippen LogP contribution is 2.10. The van der Waals surface area contributed by atoms with Gasteiger partial charge in [0.2, 0.25) is 0 Å². The molecule has 3 N–H and O–H groups in total. The maximum Gasteiger partial charge on any atom is 0.140 e. The second kappa shape index (κ2) is 6.24. The predicted molar refractivity (Wildman–Crippen MR) is 66.8 cm³/mol. The molecule has 1 aromatic heterocycles. The molecule has 0 saturated carbocycles. The Balaban J connectivity index is 2.61. The highest BCUT2D eigenvalue weighted by atomic mass is 16.4. The smallest absolute Gasteiger partial charge is 0.140 e. The number of oxime groups is 1. The van der Waals surface area contributed by atoms with Gasteiger partial charge in [-0.25, -0.2) is 4.98 Å². The first kappa shape index (κ1) is 13.5. The van der Waals surface area contributed by atoms with Crippen molar-refractivity contribution in [1.82, 2.24) is 14.5 Å². The molecular formula is C11H21N5O. The molecule has 1 atom stereocenters. The lowest BCUT2D eigenvalue weighted by Crippen LogP contribution is -2.35. The number of aromatic nitrogens is 2. The second-order valence-electron chi connectivity index (χ2n) is 4.23. The summed E-state index contributed by atoms with van der Waals surface area (Å²) in [7, 11) is 3.99. The lowest BCUT2D eigenvalue weighted by atomic mass is 10.1. The third-order valence-electron chi connectivity index (χ3n) is 2.98. The van der Waals surface area contributed by atoms with Gasteiger partial charge in [0.25, 0.3) is 0 Å². The van der Waals surface area contributed by atoms with Crippen LogP contribution in [-0.4, -0.2) is 38.6 Å². The minimum atomic E-state index is 0.252. The summed E-state index contributed by atoms with van der Waals surface area (Å²) < 4.78 is 1.99. The molecule has 1 unspecified atom stereocenters. The third-order valence-corrected chi connectivity index (χ3v) is 2.98. The monoisotopic (exact) mass is 239 g/mol. The Morgan fingerprint density at radius 2 is 2.41 bits per heavy atom. The molecule has 6 heteroatoms. The van der Waals surface area contributed by atoms with E-state index in [0.29, 0.717) is 6.42 Å². The van der Waals surface area contributed by atoms with Gasteiger partial charge in [-0.3, -0.25) is 4.90 Å². The van der Waals surface area contributed by atoms with Gasteiger partial charge in [-0.05, 0) is 13.5 Å². The Bertz CT molecular complexity index is 374. The van der Waals surface area contributed by atoms with Crippen LogP contribution < -0.4 is 5.73 Å². The zero-order valence-corrected chi connectivity index (χ0v) is 10.7. The van der Waals surface area contributed by atoms with Crippen molar-refractivity contribution in [2.75, 3.05) is 7.05 Å². The average molecular weight is 239 g/mol. The zero-order valence-electron chi connectivity index (χ0n) is 10.7. The maximum atomic E-state index is 8.59. The molecule has 0 radical (unpaired) electrons. The van der Waals surface area contributed by atoms with Gasteiger partial charge in [-0.2, -0.15) is 0 Å². The molecule has 0 amide bonds. The van der Waals surface area contributed by atoms with E-state index in [2.05, 4.69) is 22.0 Å². The molecule has 6 nitrogen and oxygen atoms in total. The lowest BCUT2D eigenvalue weighted by molar-refractivity contribution is 0.222. The van der Waals surface area contributed by atoms with Gasteiger partial charge < -0.3 is 15.5 Å². The van der Waals surface area contributed by atoms with Crippen molar-refractivity contribution < 1.29 is 5.21 Å². The Hall–Kier alpha value is -1.56. The maximum absolute atomic E-state index is 8.59. The largest absolute Gasteiger partial charge is 0.409 e. The van der Waals surface area contributed by atoms with E-state index in [4.69, 9.17) is 10.9 Å². The fourth-order valence-corrected chi connectivity index (χ4v) is 1.80. The summed E-state index contributed by atoms with van der Waals surface area (Å²) in [6.45, 7) is 2.84. The molecule has 17 heavy (non-hydrogen) atoms. The minimum absolute atomic E-state index is 0.252. The van der Waals surface area contributed by atoms with Gasteiger partial charge in [0.15, 0.2) is 0 Å². The molecule has 0 saturated heterocycles. The van der Waals surface area contributed by atoms with Crippen molar-refractivity contribution in [2.24, 2.45) is 17.9 Å². The van der Waals surface area contributed by atoms with E-state index in [0.717, 1.165) is 18.8 Å². The fraction of sp³-hybridized carbons (Fsp3) is 0.636. The Morgan fingerprint density at radius 3 is 2.88 bits per heavy atom. The summed E-state index contributed by atoms with van der Waals surface area (Å²) in [6, 6.07) is 0.252. The van der Waals surface area contributed by atoms with Gasteiger partial charge in [-0.15, -0.1) is 0 Å². The summed E-state index contributed by atoms with van der Waals surface area (Å²) in [4.78, 5) is 6.45. The van der Waals surface area contributed by atoms with Crippen LogP contribution in [0.5, 0.6) is 0 Å². The van der Waals surface area contributed by atoms with Crippen LogP contribution in [0.15, 0.2) is 17.5 Å². The normalized spacial score (nSPS) is 14.2.